The van der Waals surface area contributed by atoms with E-state index in [0.29, 0.717) is 10.8 Å². The van der Waals surface area contributed by atoms with E-state index in [1.165, 1.54) is 16.7 Å². The summed E-state index contributed by atoms with van der Waals surface area (Å²) in [6, 6.07) is 7.51. The molecule has 1 aromatic carbocycles. The Morgan fingerprint density at radius 1 is 1.00 bits per heavy atom. The van der Waals surface area contributed by atoms with Crippen molar-refractivity contribution in [3.05, 3.63) is 46.8 Å². The van der Waals surface area contributed by atoms with Gasteiger partial charge in [0, 0.05) is 17.8 Å². The van der Waals surface area contributed by atoms with Gasteiger partial charge in [0.1, 0.15) is 5.25 Å². The van der Waals surface area contributed by atoms with E-state index >= 15 is 0 Å². The van der Waals surface area contributed by atoms with Gasteiger partial charge in [-0.25, -0.2) is 14.9 Å². The number of hydrogen-bond donors (Lipinski definition) is 0. The Hall–Kier alpha value is -2.21. The molecule has 0 bridgehead atoms. The van der Waals surface area contributed by atoms with E-state index in [4.69, 9.17) is 0 Å². The summed E-state index contributed by atoms with van der Waals surface area (Å²) < 4.78 is 0. The average Bonchev–Trinajstić information content (AvgIpc) is 2.75. The predicted molar refractivity (Wildman–Crippen MR) is 94.2 cm³/mol. The minimum Gasteiger partial charge on any atom is -0.274 e. The zero-order valence-corrected chi connectivity index (χ0v) is 15.0. The van der Waals surface area contributed by atoms with Gasteiger partial charge in [-0.2, -0.15) is 0 Å². The van der Waals surface area contributed by atoms with Crippen LogP contribution in [0, 0.1) is 27.7 Å². The quantitative estimate of drug-likeness (QED) is 0.634. The summed E-state index contributed by atoms with van der Waals surface area (Å²) in [7, 11) is 0. The SMILES string of the molecule is Cc1cc(C)nc(S[C@@H]2CC(=O)N(c3ccc(C)c(C)c3)C2=O)n1. The highest BCUT2D eigenvalue weighted by molar-refractivity contribution is 8.00. The number of imide groups is 1. The van der Waals surface area contributed by atoms with E-state index in [0.717, 1.165) is 22.5 Å². The van der Waals surface area contributed by atoms with Gasteiger partial charge in [-0.3, -0.25) is 9.59 Å². The molecule has 1 fully saturated rings. The van der Waals surface area contributed by atoms with Crippen molar-refractivity contribution in [1.82, 2.24) is 9.97 Å². The molecular weight excluding hydrogens is 322 g/mol. The molecule has 0 unspecified atom stereocenters. The van der Waals surface area contributed by atoms with E-state index in [2.05, 4.69) is 9.97 Å². The molecule has 0 aliphatic carbocycles. The van der Waals surface area contributed by atoms with E-state index < -0.39 is 5.25 Å². The first-order chi connectivity index (χ1) is 11.3. The number of hydrogen-bond acceptors (Lipinski definition) is 5. The maximum absolute atomic E-state index is 12.7. The van der Waals surface area contributed by atoms with Gasteiger partial charge in [-0.15, -0.1) is 0 Å². The number of nitrogens with zero attached hydrogens (tertiary/aromatic N) is 3. The molecule has 1 aliphatic rings. The third-order valence-electron chi connectivity index (χ3n) is 4.06. The predicted octanol–water partition coefficient (Wildman–Crippen LogP) is 3.13. The highest BCUT2D eigenvalue weighted by Gasteiger charge is 2.40. The first-order valence-electron chi connectivity index (χ1n) is 7.78. The second-order valence-electron chi connectivity index (χ2n) is 6.08. The fraction of sp³-hybridized carbons (Fsp3) is 0.333. The van der Waals surface area contributed by atoms with Crippen molar-refractivity contribution in [2.75, 3.05) is 4.90 Å². The Labute approximate surface area is 145 Å². The van der Waals surface area contributed by atoms with Crippen LogP contribution in [0.2, 0.25) is 0 Å². The molecule has 3 rings (SSSR count). The summed E-state index contributed by atoms with van der Waals surface area (Å²) in [5.74, 6) is -0.374. The van der Waals surface area contributed by atoms with Crippen molar-refractivity contribution >= 4 is 29.3 Å². The fourth-order valence-corrected chi connectivity index (χ4v) is 3.79. The number of aryl methyl sites for hydroxylation is 4. The normalized spacial score (nSPS) is 17.7. The molecular formula is C18H19N3O2S. The number of benzene rings is 1. The lowest BCUT2D eigenvalue weighted by Crippen LogP contribution is -2.31. The Kier molecular flexibility index (Phi) is 4.41. The van der Waals surface area contributed by atoms with Crippen LogP contribution in [0.1, 0.15) is 28.9 Å². The van der Waals surface area contributed by atoms with Crippen LogP contribution in [-0.2, 0) is 9.59 Å². The summed E-state index contributed by atoms with van der Waals surface area (Å²) in [4.78, 5) is 35.1. The van der Waals surface area contributed by atoms with Gasteiger partial charge in [-0.05, 0) is 57.0 Å². The number of carbonyl (C=O) groups excluding carboxylic acids is 2. The van der Waals surface area contributed by atoms with Crippen molar-refractivity contribution < 1.29 is 9.59 Å². The van der Waals surface area contributed by atoms with Gasteiger partial charge < -0.3 is 0 Å². The molecule has 1 aromatic heterocycles. The molecule has 124 valence electrons. The van der Waals surface area contributed by atoms with Crippen molar-refractivity contribution in [3.8, 4) is 0 Å². The van der Waals surface area contributed by atoms with Crippen molar-refractivity contribution in [1.29, 1.82) is 0 Å². The van der Waals surface area contributed by atoms with Gasteiger partial charge in [0.15, 0.2) is 5.16 Å². The monoisotopic (exact) mass is 341 g/mol. The van der Waals surface area contributed by atoms with E-state index in [1.54, 1.807) is 0 Å². The molecule has 0 saturated carbocycles. The highest BCUT2D eigenvalue weighted by Crippen LogP contribution is 2.33. The maximum Gasteiger partial charge on any atom is 0.247 e. The van der Waals surface area contributed by atoms with Gasteiger partial charge in [0.2, 0.25) is 11.8 Å². The number of anilines is 1. The minimum atomic E-state index is -0.472. The van der Waals surface area contributed by atoms with Gasteiger partial charge in [0.25, 0.3) is 0 Å². The molecule has 1 atom stereocenters. The summed E-state index contributed by atoms with van der Waals surface area (Å²) in [5, 5.41) is 0.0703. The second-order valence-corrected chi connectivity index (χ2v) is 7.25. The molecule has 0 spiro atoms. The van der Waals surface area contributed by atoms with Crippen molar-refractivity contribution in [2.45, 2.75) is 44.5 Å². The lowest BCUT2D eigenvalue weighted by molar-refractivity contribution is -0.121. The van der Waals surface area contributed by atoms with E-state index in [9.17, 15) is 9.59 Å². The number of thioether (sulfide) groups is 1. The minimum absolute atomic E-state index is 0.173. The summed E-state index contributed by atoms with van der Waals surface area (Å²) >= 11 is 1.26. The van der Waals surface area contributed by atoms with Crippen LogP contribution < -0.4 is 4.90 Å². The first-order valence-corrected chi connectivity index (χ1v) is 8.66. The van der Waals surface area contributed by atoms with Gasteiger partial charge in [-0.1, -0.05) is 17.8 Å². The van der Waals surface area contributed by atoms with Crippen LogP contribution in [-0.4, -0.2) is 27.0 Å². The number of rotatable bonds is 3. The van der Waals surface area contributed by atoms with Crippen LogP contribution in [0.15, 0.2) is 29.4 Å². The van der Waals surface area contributed by atoms with Gasteiger partial charge in [0.05, 0.1) is 5.69 Å². The lowest BCUT2D eigenvalue weighted by atomic mass is 10.1. The Bertz CT molecular complexity index is 815. The molecule has 0 N–H and O–H groups in total. The average molecular weight is 341 g/mol. The second kappa shape index (κ2) is 6.36. The van der Waals surface area contributed by atoms with E-state index in [1.807, 2.05) is 52.0 Å². The molecule has 1 saturated heterocycles. The maximum atomic E-state index is 12.7. The molecule has 2 amide bonds. The first kappa shape index (κ1) is 16.6. The molecule has 5 nitrogen and oxygen atoms in total. The summed E-state index contributed by atoms with van der Waals surface area (Å²) in [6.07, 6.45) is 0.173. The lowest BCUT2D eigenvalue weighted by Gasteiger charge is -2.16. The Morgan fingerprint density at radius 3 is 2.29 bits per heavy atom. The van der Waals surface area contributed by atoms with Crippen LogP contribution >= 0.6 is 11.8 Å². The van der Waals surface area contributed by atoms with Gasteiger partial charge >= 0.3 is 0 Å². The topological polar surface area (TPSA) is 63.2 Å². The van der Waals surface area contributed by atoms with Crippen LogP contribution in [0.4, 0.5) is 5.69 Å². The largest absolute Gasteiger partial charge is 0.274 e. The Morgan fingerprint density at radius 2 is 1.67 bits per heavy atom. The van der Waals surface area contributed by atoms with Crippen molar-refractivity contribution in [2.24, 2.45) is 0 Å². The molecule has 2 aromatic rings. The molecule has 2 heterocycles. The molecule has 24 heavy (non-hydrogen) atoms. The number of carbonyl (C=O) groups is 2. The molecule has 0 radical (unpaired) electrons. The smallest absolute Gasteiger partial charge is 0.247 e. The number of aromatic nitrogens is 2. The highest BCUT2D eigenvalue weighted by atomic mass is 32.2. The Balaban J connectivity index is 1.84. The van der Waals surface area contributed by atoms with E-state index in [-0.39, 0.29) is 18.2 Å². The van der Waals surface area contributed by atoms with Crippen LogP contribution in [0.3, 0.4) is 0 Å². The summed E-state index contributed by atoms with van der Waals surface area (Å²) in [5.41, 5.74) is 4.53. The number of amides is 2. The zero-order chi connectivity index (χ0) is 17.4. The fourth-order valence-electron chi connectivity index (χ4n) is 2.71. The molecule has 6 heteroatoms. The zero-order valence-electron chi connectivity index (χ0n) is 14.2. The van der Waals surface area contributed by atoms with Crippen LogP contribution in [0.5, 0.6) is 0 Å². The van der Waals surface area contributed by atoms with Crippen LogP contribution in [0.25, 0.3) is 0 Å². The third-order valence-corrected chi connectivity index (χ3v) is 5.11. The summed E-state index contributed by atoms with van der Waals surface area (Å²) in [6.45, 7) is 7.76. The standard InChI is InChI=1S/C18H19N3O2S/c1-10-5-6-14(7-11(10)2)21-16(22)9-15(17(21)23)24-18-19-12(3)8-13(4)20-18/h5-8,15H,9H2,1-4H3/t15-/m1/s1. The molecule has 1 aliphatic heterocycles. The van der Waals surface area contributed by atoms with Crippen molar-refractivity contribution in [3.63, 3.8) is 0 Å². The third kappa shape index (κ3) is 3.19.